The van der Waals surface area contributed by atoms with Gasteiger partial charge in [-0.3, -0.25) is 4.79 Å². The van der Waals surface area contributed by atoms with Crippen molar-refractivity contribution in [2.24, 2.45) is 7.05 Å². The van der Waals surface area contributed by atoms with E-state index in [1.54, 1.807) is 30.3 Å². The number of carbonyl (C=O) groups excluding carboxylic acids is 1. The highest BCUT2D eigenvalue weighted by atomic mass is 35.5. The second kappa shape index (κ2) is 8.55. The molecule has 0 bridgehead atoms. The Morgan fingerprint density at radius 1 is 1.06 bits per heavy atom. The molecule has 2 heterocycles. The van der Waals surface area contributed by atoms with E-state index in [1.807, 2.05) is 29.9 Å². The van der Waals surface area contributed by atoms with Crippen LogP contribution < -0.4 is 5.32 Å². The zero-order chi connectivity index (χ0) is 22.9. The molecule has 0 atom stereocenters. The maximum atomic E-state index is 13.0. The lowest BCUT2D eigenvalue weighted by molar-refractivity contribution is -0.137. The van der Waals surface area contributed by atoms with Gasteiger partial charge in [-0.05, 0) is 48.0 Å². The first-order chi connectivity index (χ1) is 15.2. The Morgan fingerprint density at radius 2 is 1.84 bits per heavy atom. The average Bonchev–Trinajstić information content (AvgIpc) is 3.38. The van der Waals surface area contributed by atoms with E-state index < -0.39 is 17.6 Å². The zero-order valence-corrected chi connectivity index (χ0v) is 17.7. The van der Waals surface area contributed by atoms with Gasteiger partial charge in [0.05, 0.1) is 22.0 Å². The van der Waals surface area contributed by atoms with Crippen molar-refractivity contribution in [1.29, 1.82) is 0 Å². The van der Waals surface area contributed by atoms with Crippen LogP contribution in [0.25, 0.3) is 17.1 Å². The average molecular weight is 459 g/mol. The minimum absolute atomic E-state index is 0.0735. The Bertz CT molecular complexity index is 1280. The number of carbonyl (C=O) groups is 1. The van der Waals surface area contributed by atoms with Crippen molar-refractivity contribution in [3.63, 3.8) is 0 Å². The van der Waals surface area contributed by atoms with E-state index in [-0.39, 0.29) is 12.2 Å². The molecular formula is C23H18ClF3N4O. The van der Waals surface area contributed by atoms with Crippen molar-refractivity contribution in [3.8, 4) is 17.1 Å². The number of aromatic nitrogens is 3. The van der Waals surface area contributed by atoms with Crippen LogP contribution in [0, 0.1) is 0 Å². The number of aryl methyl sites for hydroxylation is 1. The Labute approximate surface area is 187 Å². The molecule has 32 heavy (non-hydrogen) atoms. The second-order valence-corrected chi connectivity index (χ2v) is 7.57. The molecule has 0 aliphatic carbocycles. The van der Waals surface area contributed by atoms with Crippen LogP contribution in [0.15, 0.2) is 72.9 Å². The van der Waals surface area contributed by atoms with Crippen LogP contribution in [-0.2, 0) is 19.8 Å². The molecule has 0 aliphatic rings. The summed E-state index contributed by atoms with van der Waals surface area (Å²) in [6.07, 6.45) is -2.59. The number of nitrogens with zero attached hydrogens (tertiary/aromatic N) is 3. The fourth-order valence-corrected chi connectivity index (χ4v) is 3.55. The number of amides is 1. The lowest BCUT2D eigenvalue weighted by Crippen LogP contribution is -2.25. The molecule has 0 fully saturated rings. The van der Waals surface area contributed by atoms with Crippen LogP contribution in [0.2, 0.25) is 5.02 Å². The van der Waals surface area contributed by atoms with Gasteiger partial charge in [0, 0.05) is 19.8 Å². The summed E-state index contributed by atoms with van der Waals surface area (Å²) in [4.78, 5) is 13.0. The standard InChI is InChI=1S/C23H18ClF3N4O/c1-30-11-5-10-20(30)18-13-21(31(29-18)19-9-3-2-8-17(19)24)22(32)28-14-15-6-4-7-16(12-15)23(25,26)27/h2-13H,14H2,1H3,(H,28,32). The van der Waals surface area contributed by atoms with Gasteiger partial charge in [0.25, 0.3) is 5.91 Å². The smallest absolute Gasteiger partial charge is 0.349 e. The van der Waals surface area contributed by atoms with Gasteiger partial charge in [0.2, 0.25) is 0 Å². The lowest BCUT2D eigenvalue weighted by atomic mass is 10.1. The van der Waals surface area contributed by atoms with Crippen LogP contribution in [-0.4, -0.2) is 20.3 Å². The van der Waals surface area contributed by atoms with Crippen molar-refractivity contribution in [1.82, 2.24) is 19.7 Å². The van der Waals surface area contributed by atoms with Gasteiger partial charge in [0.1, 0.15) is 11.4 Å². The van der Waals surface area contributed by atoms with Crippen LogP contribution >= 0.6 is 11.6 Å². The predicted molar refractivity (Wildman–Crippen MR) is 116 cm³/mol. The Balaban J connectivity index is 1.66. The van der Waals surface area contributed by atoms with Crippen LogP contribution in [0.3, 0.4) is 0 Å². The van der Waals surface area contributed by atoms with Gasteiger partial charge < -0.3 is 9.88 Å². The van der Waals surface area contributed by atoms with Crippen molar-refractivity contribution >= 4 is 17.5 Å². The highest BCUT2D eigenvalue weighted by Gasteiger charge is 2.30. The molecule has 0 saturated heterocycles. The third kappa shape index (κ3) is 4.40. The zero-order valence-electron chi connectivity index (χ0n) is 16.9. The number of halogens is 4. The highest BCUT2D eigenvalue weighted by Crippen LogP contribution is 2.30. The first-order valence-electron chi connectivity index (χ1n) is 9.65. The predicted octanol–water partition coefficient (Wildman–Crippen LogP) is 5.48. The topological polar surface area (TPSA) is 51.9 Å². The summed E-state index contributed by atoms with van der Waals surface area (Å²) in [5.74, 6) is -0.490. The maximum absolute atomic E-state index is 13.0. The third-order valence-electron chi connectivity index (χ3n) is 4.94. The number of alkyl halides is 3. The van der Waals surface area contributed by atoms with E-state index in [4.69, 9.17) is 11.6 Å². The van der Waals surface area contributed by atoms with Gasteiger partial charge in [-0.1, -0.05) is 35.9 Å². The van der Waals surface area contributed by atoms with E-state index in [9.17, 15) is 18.0 Å². The number of rotatable bonds is 5. The SMILES string of the molecule is Cn1cccc1-c1cc(C(=O)NCc2cccc(C(F)(F)F)c2)n(-c2ccccc2Cl)n1. The molecule has 2 aromatic heterocycles. The largest absolute Gasteiger partial charge is 0.416 e. The van der Waals surface area contributed by atoms with E-state index in [1.165, 1.54) is 16.8 Å². The maximum Gasteiger partial charge on any atom is 0.416 e. The van der Waals surface area contributed by atoms with Crippen LogP contribution in [0.5, 0.6) is 0 Å². The number of benzene rings is 2. The summed E-state index contributed by atoms with van der Waals surface area (Å²) in [6.45, 7) is -0.0735. The fourth-order valence-electron chi connectivity index (χ4n) is 3.33. The summed E-state index contributed by atoms with van der Waals surface area (Å²) < 4.78 is 42.2. The Kier molecular flexibility index (Phi) is 5.80. The Hall–Kier alpha value is -3.52. The monoisotopic (exact) mass is 458 g/mol. The molecule has 0 radical (unpaired) electrons. The van der Waals surface area contributed by atoms with Gasteiger partial charge in [0.15, 0.2) is 0 Å². The van der Waals surface area contributed by atoms with Crippen molar-refractivity contribution in [3.05, 3.63) is 94.8 Å². The number of para-hydroxylation sites is 1. The summed E-state index contributed by atoms with van der Waals surface area (Å²) in [5.41, 5.74) is 1.64. The normalized spacial score (nSPS) is 11.5. The molecule has 1 N–H and O–H groups in total. The molecule has 9 heteroatoms. The molecule has 2 aromatic carbocycles. The van der Waals surface area contributed by atoms with Crippen molar-refractivity contribution in [2.75, 3.05) is 0 Å². The van der Waals surface area contributed by atoms with E-state index >= 15 is 0 Å². The minimum Gasteiger partial charge on any atom is -0.349 e. The molecule has 0 aliphatic heterocycles. The number of hydrogen-bond acceptors (Lipinski definition) is 2. The number of hydrogen-bond donors (Lipinski definition) is 1. The fraction of sp³-hybridized carbons (Fsp3) is 0.130. The van der Waals surface area contributed by atoms with Gasteiger partial charge in [-0.25, -0.2) is 4.68 Å². The van der Waals surface area contributed by atoms with Crippen molar-refractivity contribution < 1.29 is 18.0 Å². The highest BCUT2D eigenvalue weighted by molar-refractivity contribution is 6.32. The second-order valence-electron chi connectivity index (χ2n) is 7.16. The molecular weight excluding hydrogens is 441 g/mol. The van der Waals surface area contributed by atoms with Gasteiger partial charge in [-0.2, -0.15) is 18.3 Å². The molecule has 0 spiro atoms. The first-order valence-corrected chi connectivity index (χ1v) is 10.0. The Morgan fingerprint density at radius 3 is 2.53 bits per heavy atom. The quantitative estimate of drug-likeness (QED) is 0.430. The third-order valence-corrected chi connectivity index (χ3v) is 5.26. The van der Waals surface area contributed by atoms with E-state index in [2.05, 4.69) is 10.4 Å². The summed E-state index contributed by atoms with van der Waals surface area (Å²) in [7, 11) is 1.86. The summed E-state index contributed by atoms with van der Waals surface area (Å²) >= 11 is 6.33. The molecule has 0 unspecified atom stereocenters. The van der Waals surface area contributed by atoms with Crippen LogP contribution in [0.4, 0.5) is 13.2 Å². The molecule has 164 valence electrons. The summed E-state index contributed by atoms with van der Waals surface area (Å²) in [6, 6.07) is 17.1. The van der Waals surface area contributed by atoms with Gasteiger partial charge >= 0.3 is 6.18 Å². The number of nitrogens with one attached hydrogen (secondary N) is 1. The molecule has 5 nitrogen and oxygen atoms in total. The molecule has 4 aromatic rings. The van der Waals surface area contributed by atoms with E-state index in [0.29, 0.717) is 22.0 Å². The summed E-state index contributed by atoms with van der Waals surface area (Å²) in [5, 5.41) is 7.65. The van der Waals surface area contributed by atoms with Gasteiger partial charge in [-0.15, -0.1) is 0 Å². The van der Waals surface area contributed by atoms with Crippen LogP contribution in [0.1, 0.15) is 21.6 Å². The first kappa shape index (κ1) is 21.7. The lowest BCUT2D eigenvalue weighted by Gasteiger charge is -2.11. The minimum atomic E-state index is -4.45. The molecule has 0 saturated carbocycles. The van der Waals surface area contributed by atoms with E-state index in [0.717, 1.165) is 17.8 Å². The van der Waals surface area contributed by atoms with Crippen molar-refractivity contribution in [2.45, 2.75) is 12.7 Å². The molecule has 1 amide bonds. The molecule has 4 rings (SSSR count).